The molecule has 5 nitrogen and oxygen atoms in total. The summed E-state index contributed by atoms with van der Waals surface area (Å²) in [5.74, 6) is 0.505. The first-order chi connectivity index (χ1) is 10.8. The van der Waals surface area contributed by atoms with Crippen LogP contribution in [-0.2, 0) is 0 Å². The highest BCUT2D eigenvalue weighted by atomic mass is 32.1. The third-order valence-corrected chi connectivity index (χ3v) is 3.65. The summed E-state index contributed by atoms with van der Waals surface area (Å²) in [6, 6.07) is 12.7. The molecule has 0 aliphatic rings. The van der Waals surface area contributed by atoms with Gasteiger partial charge in [0.2, 0.25) is 0 Å². The minimum absolute atomic E-state index is 0.192. The smallest absolute Gasteiger partial charge is 0.255 e. The Kier molecular flexibility index (Phi) is 4.29. The maximum atomic E-state index is 12.4. The monoisotopic (exact) mass is 313 g/mol. The maximum Gasteiger partial charge on any atom is 0.255 e. The number of fused-ring (bicyclic) bond motifs is 1. The van der Waals surface area contributed by atoms with Crippen molar-refractivity contribution in [2.75, 3.05) is 11.9 Å². The molecule has 6 heteroatoms. The van der Waals surface area contributed by atoms with Crippen LogP contribution < -0.4 is 10.1 Å². The van der Waals surface area contributed by atoms with E-state index in [0.717, 1.165) is 23.7 Å². The number of carbonyl (C=O) groups is 1. The van der Waals surface area contributed by atoms with Crippen molar-refractivity contribution < 1.29 is 9.53 Å². The Morgan fingerprint density at radius 3 is 2.95 bits per heavy atom. The predicted molar refractivity (Wildman–Crippen MR) is 87.6 cm³/mol. The van der Waals surface area contributed by atoms with Crippen LogP contribution in [0.4, 0.5) is 5.69 Å². The van der Waals surface area contributed by atoms with Gasteiger partial charge in [-0.1, -0.05) is 19.1 Å². The second kappa shape index (κ2) is 6.53. The first kappa shape index (κ1) is 14.5. The molecule has 2 aromatic carbocycles. The van der Waals surface area contributed by atoms with Gasteiger partial charge in [-0.05, 0) is 36.8 Å². The van der Waals surface area contributed by atoms with Crippen LogP contribution >= 0.6 is 11.7 Å². The number of rotatable bonds is 5. The Labute approximate surface area is 132 Å². The van der Waals surface area contributed by atoms with E-state index in [0.29, 0.717) is 29.1 Å². The molecule has 3 aromatic rings. The standard InChI is InChI=1S/C16H15N3O2S/c1-2-9-21-12-6-3-5-11(10-12)16(20)17-13-7-4-8-14-15(13)19-22-18-14/h3-8,10H,2,9H2,1H3,(H,17,20). The van der Waals surface area contributed by atoms with E-state index in [-0.39, 0.29) is 5.91 Å². The molecule has 1 heterocycles. The summed E-state index contributed by atoms with van der Waals surface area (Å²) in [5.41, 5.74) is 2.70. The number of hydrogen-bond donors (Lipinski definition) is 1. The molecule has 0 atom stereocenters. The quantitative estimate of drug-likeness (QED) is 0.779. The molecule has 1 amide bonds. The number of aromatic nitrogens is 2. The number of benzene rings is 2. The van der Waals surface area contributed by atoms with E-state index >= 15 is 0 Å². The van der Waals surface area contributed by atoms with Crippen LogP contribution in [-0.4, -0.2) is 21.3 Å². The van der Waals surface area contributed by atoms with Crippen molar-refractivity contribution >= 4 is 34.4 Å². The van der Waals surface area contributed by atoms with E-state index in [1.54, 1.807) is 12.1 Å². The van der Waals surface area contributed by atoms with E-state index in [1.165, 1.54) is 0 Å². The second-order valence-electron chi connectivity index (χ2n) is 4.77. The summed E-state index contributed by atoms with van der Waals surface area (Å²) in [7, 11) is 0. The maximum absolute atomic E-state index is 12.4. The van der Waals surface area contributed by atoms with Crippen molar-refractivity contribution in [2.24, 2.45) is 0 Å². The Balaban J connectivity index is 1.81. The minimum Gasteiger partial charge on any atom is -0.494 e. The van der Waals surface area contributed by atoms with Gasteiger partial charge in [0, 0.05) is 5.56 Å². The van der Waals surface area contributed by atoms with Crippen molar-refractivity contribution in [3.8, 4) is 5.75 Å². The third-order valence-electron chi connectivity index (χ3n) is 3.10. The van der Waals surface area contributed by atoms with Gasteiger partial charge in [0.05, 0.1) is 24.0 Å². The number of nitrogens with one attached hydrogen (secondary N) is 1. The number of hydrogen-bond acceptors (Lipinski definition) is 5. The molecule has 3 rings (SSSR count). The van der Waals surface area contributed by atoms with Gasteiger partial charge < -0.3 is 10.1 Å². The van der Waals surface area contributed by atoms with Crippen LogP contribution in [0.25, 0.3) is 11.0 Å². The van der Waals surface area contributed by atoms with Gasteiger partial charge in [0.15, 0.2) is 0 Å². The second-order valence-corrected chi connectivity index (χ2v) is 5.30. The average molecular weight is 313 g/mol. The first-order valence-corrected chi connectivity index (χ1v) is 7.76. The topological polar surface area (TPSA) is 64.1 Å². The van der Waals surface area contributed by atoms with Crippen LogP contribution in [0.1, 0.15) is 23.7 Å². The number of nitrogens with zero attached hydrogens (tertiary/aromatic N) is 2. The number of ether oxygens (including phenoxy) is 1. The molecule has 112 valence electrons. The van der Waals surface area contributed by atoms with E-state index < -0.39 is 0 Å². The summed E-state index contributed by atoms with van der Waals surface area (Å²) >= 11 is 1.13. The molecule has 0 saturated heterocycles. The Hall–Kier alpha value is -2.47. The summed E-state index contributed by atoms with van der Waals surface area (Å²) < 4.78 is 13.9. The third kappa shape index (κ3) is 3.07. The summed E-state index contributed by atoms with van der Waals surface area (Å²) in [6.45, 7) is 2.67. The fourth-order valence-electron chi connectivity index (χ4n) is 2.05. The predicted octanol–water partition coefficient (Wildman–Crippen LogP) is 3.73. The van der Waals surface area contributed by atoms with Gasteiger partial charge in [0.1, 0.15) is 16.8 Å². The highest BCUT2D eigenvalue weighted by molar-refractivity contribution is 7.00. The highest BCUT2D eigenvalue weighted by Crippen LogP contribution is 2.22. The Morgan fingerprint density at radius 2 is 2.09 bits per heavy atom. The molecule has 0 fully saturated rings. The molecular weight excluding hydrogens is 298 g/mol. The van der Waals surface area contributed by atoms with Crippen LogP contribution in [0, 0.1) is 0 Å². The molecule has 0 radical (unpaired) electrons. The lowest BCUT2D eigenvalue weighted by atomic mass is 10.2. The van der Waals surface area contributed by atoms with E-state index in [2.05, 4.69) is 14.1 Å². The average Bonchev–Trinajstić information content (AvgIpc) is 3.03. The largest absolute Gasteiger partial charge is 0.494 e. The van der Waals surface area contributed by atoms with Crippen LogP contribution in [0.15, 0.2) is 42.5 Å². The van der Waals surface area contributed by atoms with Crippen molar-refractivity contribution in [3.05, 3.63) is 48.0 Å². The highest BCUT2D eigenvalue weighted by Gasteiger charge is 2.11. The van der Waals surface area contributed by atoms with Crippen LogP contribution in [0.2, 0.25) is 0 Å². The first-order valence-electron chi connectivity index (χ1n) is 7.03. The number of amides is 1. The molecule has 22 heavy (non-hydrogen) atoms. The molecule has 1 N–H and O–H groups in total. The molecule has 0 bridgehead atoms. The summed E-state index contributed by atoms with van der Waals surface area (Å²) in [4.78, 5) is 12.4. The fourth-order valence-corrected chi connectivity index (χ4v) is 2.60. The van der Waals surface area contributed by atoms with Crippen LogP contribution in [0.5, 0.6) is 5.75 Å². The zero-order valence-corrected chi connectivity index (χ0v) is 12.9. The van der Waals surface area contributed by atoms with Crippen molar-refractivity contribution in [3.63, 3.8) is 0 Å². The molecule has 0 saturated carbocycles. The van der Waals surface area contributed by atoms with Gasteiger partial charge in [0.25, 0.3) is 5.91 Å². The summed E-state index contributed by atoms with van der Waals surface area (Å²) in [5, 5.41) is 2.88. The van der Waals surface area contributed by atoms with E-state index in [4.69, 9.17) is 4.74 Å². The van der Waals surface area contributed by atoms with E-state index in [1.807, 2.05) is 37.3 Å². The number of anilines is 1. The molecular formula is C16H15N3O2S. The fraction of sp³-hybridized carbons (Fsp3) is 0.188. The Morgan fingerprint density at radius 1 is 1.23 bits per heavy atom. The Bertz CT molecular complexity index is 801. The zero-order valence-electron chi connectivity index (χ0n) is 12.1. The molecule has 1 aromatic heterocycles. The molecule has 0 aliphatic heterocycles. The lowest BCUT2D eigenvalue weighted by Gasteiger charge is -2.08. The molecule has 0 spiro atoms. The van der Waals surface area contributed by atoms with Gasteiger partial charge in [-0.15, -0.1) is 0 Å². The molecule has 0 aliphatic carbocycles. The van der Waals surface area contributed by atoms with E-state index in [9.17, 15) is 4.79 Å². The van der Waals surface area contributed by atoms with Gasteiger partial charge in [-0.2, -0.15) is 8.75 Å². The van der Waals surface area contributed by atoms with Gasteiger partial charge in [-0.25, -0.2) is 0 Å². The number of carbonyl (C=O) groups excluding carboxylic acids is 1. The van der Waals surface area contributed by atoms with Crippen molar-refractivity contribution in [1.29, 1.82) is 0 Å². The normalized spacial score (nSPS) is 10.6. The SMILES string of the molecule is CCCOc1cccc(C(=O)Nc2cccc3nsnc23)c1. The van der Waals surface area contributed by atoms with Crippen molar-refractivity contribution in [2.45, 2.75) is 13.3 Å². The van der Waals surface area contributed by atoms with Gasteiger partial charge in [-0.3, -0.25) is 4.79 Å². The van der Waals surface area contributed by atoms with Crippen molar-refractivity contribution in [1.82, 2.24) is 8.75 Å². The molecule has 0 unspecified atom stereocenters. The van der Waals surface area contributed by atoms with Crippen LogP contribution in [0.3, 0.4) is 0 Å². The zero-order chi connectivity index (χ0) is 15.4. The lowest BCUT2D eigenvalue weighted by Crippen LogP contribution is -2.12. The van der Waals surface area contributed by atoms with Gasteiger partial charge >= 0.3 is 0 Å². The minimum atomic E-state index is -0.192. The lowest BCUT2D eigenvalue weighted by molar-refractivity contribution is 0.102. The summed E-state index contributed by atoms with van der Waals surface area (Å²) in [6.07, 6.45) is 0.926.